The lowest BCUT2D eigenvalue weighted by molar-refractivity contribution is -0.183. The fraction of sp³-hybridized carbons (Fsp3) is 0.632. The van der Waals surface area contributed by atoms with Crippen LogP contribution >= 0.6 is 0 Å². The van der Waals surface area contributed by atoms with E-state index in [1.54, 1.807) is 0 Å². The van der Waals surface area contributed by atoms with Crippen molar-refractivity contribution in [3.05, 3.63) is 35.9 Å². The lowest BCUT2D eigenvalue weighted by Crippen LogP contribution is -2.47. The van der Waals surface area contributed by atoms with E-state index < -0.39 is 12.1 Å². The van der Waals surface area contributed by atoms with Gasteiger partial charge in [0.25, 0.3) is 0 Å². The summed E-state index contributed by atoms with van der Waals surface area (Å²) in [5.74, 6) is -0.0855. The highest BCUT2D eigenvalue weighted by atomic mass is 19.4. The number of alkyl halides is 3. The van der Waals surface area contributed by atoms with Crippen molar-refractivity contribution in [1.82, 2.24) is 10.6 Å². The molecule has 6 heteroatoms. The van der Waals surface area contributed by atoms with Gasteiger partial charge >= 0.3 is 6.18 Å². The Morgan fingerprint density at radius 3 is 2.56 bits per heavy atom. The van der Waals surface area contributed by atoms with E-state index >= 15 is 0 Å². The molecular formula is C19H26F3N3. The maximum Gasteiger partial charge on any atom is 0.391 e. The van der Waals surface area contributed by atoms with Crippen molar-refractivity contribution < 1.29 is 13.2 Å². The van der Waals surface area contributed by atoms with Crippen LogP contribution in [0.2, 0.25) is 0 Å². The monoisotopic (exact) mass is 353 g/mol. The van der Waals surface area contributed by atoms with E-state index in [1.807, 2.05) is 25.1 Å². The summed E-state index contributed by atoms with van der Waals surface area (Å²) in [6, 6.07) is 10.4. The first-order valence-electron chi connectivity index (χ1n) is 9.16. The molecule has 3 nitrogen and oxygen atoms in total. The lowest BCUT2D eigenvalue weighted by atomic mass is 9.85. The zero-order valence-corrected chi connectivity index (χ0v) is 14.5. The van der Waals surface area contributed by atoms with Gasteiger partial charge in [0.15, 0.2) is 5.96 Å². The van der Waals surface area contributed by atoms with E-state index in [0.717, 1.165) is 12.8 Å². The Balaban J connectivity index is 1.55. The van der Waals surface area contributed by atoms with Crippen molar-refractivity contribution in [3.63, 3.8) is 0 Å². The zero-order valence-electron chi connectivity index (χ0n) is 14.5. The molecule has 2 saturated carbocycles. The normalized spacial score (nSPS) is 30.0. The lowest BCUT2D eigenvalue weighted by Gasteiger charge is -2.32. The average molecular weight is 353 g/mol. The standard InChI is InChI=1S/C19H26F3N3/c1-2-23-18(24-15-10-6-9-14(11-15)19(20,21)22)25-17-12-16(17)13-7-4-3-5-8-13/h3-5,7-8,14-17H,2,6,9-12H2,1H3,(H2,23,24,25). The summed E-state index contributed by atoms with van der Waals surface area (Å²) in [7, 11) is 0. The van der Waals surface area contributed by atoms with Crippen LogP contribution in [0.4, 0.5) is 13.2 Å². The van der Waals surface area contributed by atoms with E-state index in [2.05, 4.69) is 27.8 Å². The van der Waals surface area contributed by atoms with Crippen LogP contribution in [0.25, 0.3) is 0 Å². The van der Waals surface area contributed by atoms with Crippen molar-refractivity contribution in [2.45, 2.75) is 63.2 Å². The molecule has 25 heavy (non-hydrogen) atoms. The molecular weight excluding hydrogens is 327 g/mol. The van der Waals surface area contributed by atoms with Crippen LogP contribution in [0.1, 0.15) is 50.5 Å². The highest BCUT2D eigenvalue weighted by Gasteiger charge is 2.43. The van der Waals surface area contributed by atoms with Crippen LogP contribution in [0.15, 0.2) is 35.3 Å². The minimum absolute atomic E-state index is 0.140. The van der Waals surface area contributed by atoms with Crippen LogP contribution in [-0.2, 0) is 0 Å². The molecule has 0 amide bonds. The predicted octanol–water partition coefficient (Wildman–Crippen LogP) is 4.22. The van der Waals surface area contributed by atoms with Gasteiger partial charge in [-0.15, -0.1) is 0 Å². The van der Waals surface area contributed by atoms with E-state index in [-0.39, 0.29) is 18.9 Å². The van der Waals surface area contributed by atoms with Crippen molar-refractivity contribution in [2.24, 2.45) is 10.9 Å². The molecule has 2 fully saturated rings. The predicted molar refractivity (Wildman–Crippen MR) is 93.6 cm³/mol. The average Bonchev–Trinajstić information content (AvgIpc) is 3.34. The number of aliphatic imine (C=N–C) groups is 1. The fourth-order valence-electron chi connectivity index (χ4n) is 3.70. The summed E-state index contributed by atoms with van der Waals surface area (Å²) in [5, 5.41) is 6.64. The van der Waals surface area contributed by atoms with Gasteiger partial charge in [-0.25, -0.2) is 0 Å². The van der Waals surface area contributed by atoms with Gasteiger partial charge in [-0.2, -0.15) is 13.2 Å². The Kier molecular flexibility index (Phi) is 5.54. The molecule has 4 unspecified atom stereocenters. The number of halogens is 3. The third-order valence-electron chi connectivity index (χ3n) is 5.13. The van der Waals surface area contributed by atoms with Gasteiger partial charge in [0.1, 0.15) is 0 Å². The summed E-state index contributed by atoms with van der Waals surface area (Å²) >= 11 is 0. The first kappa shape index (κ1) is 18.1. The van der Waals surface area contributed by atoms with Gasteiger partial charge in [0.05, 0.1) is 5.92 Å². The maximum atomic E-state index is 13.0. The molecule has 0 radical (unpaired) electrons. The second-order valence-electron chi connectivity index (χ2n) is 7.07. The van der Waals surface area contributed by atoms with Crippen LogP contribution in [0, 0.1) is 5.92 Å². The second kappa shape index (κ2) is 7.67. The Morgan fingerprint density at radius 2 is 1.88 bits per heavy atom. The summed E-state index contributed by atoms with van der Waals surface area (Å²) in [5.41, 5.74) is 1.30. The number of guanidine groups is 1. The van der Waals surface area contributed by atoms with Gasteiger partial charge in [-0.1, -0.05) is 36.8 Å². The van der Waals surface area contributed by atoms with Gasteiger partial charge in [0.2, 0.25) is 0 Å². The summed E-state index contributed by atoms with van der Waals surface area (Å²) in [6.45, 7) is 2.54. The van der Waals surface area contributed by atoms with Crippen LogP contribution < -0.4 is 10.6 Å². The number of benzene rings is 1. The van der Waals surface area contributed by atoms with Gasteiger partial charge in [-0.05, 0) is 38.2 Å². The van der Waals surface area contributed by atoms with Crippen molar-refractivity contribution >= 4 is 5.96 Å². The third-order valence-corrected chi connectivity index (χ3v) is 5.13. The first-order chi connectivity index (χ1) is 12.0. The molecule has 3 rings (SSSR count). The molecule has 0 spiro atoms. The van der Waals surface area contributed by atoms with Gasteiger partial charge in [-0.3, -0.25) is 4.99 Å². The number of rotatable bonds is 4. The molecule has 0 heterocycles. The highest BCUT2D eigenvalue weighted by Crippen LogP contribution is 2.41. The molecule has 2 aliphatic rings. The van der Waals surface area contributed by atoms with E-state index in [4.69, 9.17) is 0 Å². The molecule has 4 atom stereocenters. The SMILES string of the molecule is CCN=C(NC1CCCC(C(F)(F)F)C1)NC1CC1c1ccccc1. The minimum Gasteiger partial charge on any atom is -0.354 e. The number of nitrogens with one attached hydrogen (secondary N) is 2. The molecule has 0 aliphatic heterocycles. The highest BCUT2D eigenvalue weighted by molar-refractivity contribution is 5.81. The number of nitrogens with zero attached hydrogens (tertiary/aromatic N) is 1. The first-order valence-corrected chi connectivity index (χ1v) is 9.16. The molecule has 1 aromatic carbocycles. The maximum absolute atomic E-state index is 13.0. The van der Waals surface area contributed by atoms with Crippen molar-refractivity contribution in [1.29, 1.82) is 0 Å². The molecule has 0 bridgehead atoms. The zero-order chi connectivity index (χ0) is 17.9. The van der Waals surface area contributed by atoms with E-state index in [9.17, 15) is 13.2 Å². The Morgan fingerprint density at radius 1 is 1.12 bits per heavy atom. The molecule has 0 aromatic heterocycles. The third kappa shape index (κ3) is 4.89. The van der Waals surface area contributed by atoms with E-state index in [0.29, 0.717) is 30.9 Å². The largest absolute Gasteiger partial charge is 0.391 e. The van der Waals surface area contributed by atoms with Crippen LogP contribution in [0.3, 0.4) is 0 Å². The molecule has 2 N–H and O–H groups in total. The van der Waals surface area contributed by atoms with Crippen LogP contribution in [-0.4, -0.2) is 30.8 Å². The summed E-state index contributed by atoms with van der Waals surface area (Å²) in [6.07, 6.45) is -1.30. The second-order valence-corrected chi connectivity index (χ2v) is 7.07. The van der Waals surface area contributed by atoms with Gasteiger partial charge in [0, 0.05) is 24.5 Å². The quantitative estimate of drug-likeness (QED) is 0.628. The smallest absolute Gasteiger partial charge is 0.354 e. The molecule has 2 aliphatic carbocycles. The van der Waals surface area contributed by atoms with Crippen LogP contribution in [0.5, 0.6) is 0 Å². The summed E-state index contributed by atoms with van der Waals surface area (Å²) in [4.78, 5) is 4.43. The number of hydrogen-bond donors (Lipinski definition) is 2. The molecule has 138 valence electrons. The fourth-order valence-corrected chi connectivity index (χ4v) is 3.70. The van der Waals surface area contributed by atoms with E-state index in [1.165, 1.54) is 5.56 Å². The topological polar surface area (TPSA) is 36.4 Å². The van der Waals surface area contributed by atoms with Crippen molar-refractivity contribution in [3.8, 4) is 0 Å². The van der Waals surface area contributed by atoms with Crippen molar-refractivity contribution in [2.75, 3.05) is 6.54 Å². The molecule has 1 aromatic rings. The minimum atomic E-state index is -4.09. The van der Waals surface area contributed by atoms with Gasteiger partial charge < -0.3 is 10.6 Å². The summed E-state index contributed by atoms with van der Waals surface area (Å²) < 4.78 is 39.0. The number of hydrogen-bond acceptors (Lipinski definition) is 1. The Hall–Kier alpha value is -1.72. The Bertz CT molecular complexity index is 585. The Labute approximate surface area is 147 Å². The molecule has 0 saturated heterocycles.